The highest BCUT2D eigenvalue weighted by atomic mass is 16.4. The molecule has 7 heteroatoms. The summed E-state index contributed by atoms with van der Waals surface area (Å²) in [5.41, 5.74) is 6.48. The van der Waals surface area contributed by atoms with Crippen molar-refractivity contribution in [1.29, 1.82) is 0 Å². The van der Waals surface area contributed by atoms with Crippen LogP contribution in [-0.2, 0) is 14.4 Å². The van der Waals surface area contributed by atoms with Gasteiger partial charge in [0.1, 0.15) is 6.04 Å². The number of hydrogen-bond acceptors (Lipinski definition) is 4. The number of nitrogens with one attached hydrogen (secondary N) is 2. The van der Waals surface area contributed by atoms with Crippen LogP contribution >= 0.6 is 0 Å². The Labute approximate surface area is 141 Å². The second-order valence-electron chi connectivity index (χ2n) is 5.70. The highest BCUT2D eigenvalue weighted by Crippen LogP contribution is 2.12. The lowest BCUT2D eigenvalue weighted by atomic mass is 10.1. The summed E-state index contributed by atoms with van der Waals surface area (Å²) in [6.07, 6.45) is 0.651. The maximum Gasteiger partial charge on any atom is 0.305 e. The molecule has 0 bridgehead atoms. The summed E-state index contributed by atoms with van der Waals surface area (Å²) in [5.74, 6) is -2.12. The topological polar surface area (TPSA) is 122 Å². The van der Waals surface area contributed by atoms with Crippen LogP contribution in [0, 0.1) is 0 Å². The Bertz CT molecular complexity index is 562. The molecule has 0 aliphatic rings. The standard InChI is InChI=1S/C17H25N3O4/c1-3-7-14(20-16(23)13(18)10-15(21)22)17(24)19-11(2)12-8-5-4-6-9-12/h4-6,8-9,11,13-14H,3,7,10,18H2,1-2H3,(H,19,24)(H,20,23)(H,21,22)/t11-,13-,14+/m0/s1. The fourth-order valence-corrected chi connectivity index (χ4v) is 2.26. The molecule has 0 aromatic heterocycles. The lowest BCUT2D eigenvalue weighted by Crippen LogP contribution is -2.52. The number of rotatable bonds is 9. The minimum Gasteiger partial charge on any atom is -0.481 e. The Morgan fingerprint density at radius 1 is 1.12 bits per heavy atom. The largest absolute Gasteiger partial charge is 0.481 e. The van der Waals surface area contributed by atoms with Crippen molar-refractivity contribution in [3.63, 3.8) is 0 Å². The van der Waals surface area contributed by atoms with E-state index in [1.165, 1.54) is 0 Å². The number of aliphatic carboxylic acids is 1. The maximum absolute atomic E-state index is 12.4. The Hall–Kier alpha value is -2.41. The monoisotopic (exact) mass is 335 g/mol. The Balaban J connectivity index is 2.67. The number of benzene rings is 1. The van der Waals surface area contributed by atoms with E-state index < -0.39 is 30.4 Å². The molecule has 0 saturated heterocycles. The van der Waals surface area contributed by atoms with Crippen LogP contribution in [0.15, 0.2) is 30.3 Å². The number of carbonyl (C=O) groups excluding carboxylic acids is 2. The molecule has 0 unspecified atom stereocenters. The number of carbonyl (C=O) groups is 3. The first-order valence-corrected chi connectivity index (χ1v) is 7.98. The van der Waals surface area contributed by atoms with Gasteiger partial charge in [-0.2, -0.15) is 0 Å². The highest BCUT2D eigenvalue weighted by Gasteiger charge is 2.25. The predicted molar refractivity (Wildman–Crippen MR) is 90.1 cm³/mol. The smallest absolute Gasteiger partial charge is 0.305 e. The van der Waals surface area contributed by atoms with E-state index in [0.717, 1.165) is 5.56 Å². The average Bonchev–Trinajstić information content (AvgIpc) is 2.54. The van der Waals surface area contributed by atoms with Crippen LogP contribution in [-0.4, -0.2) is 35.0 Å². The van der Waals surface area contributed by atoms with E-state index in [4.69, 9.17) is 10.8 Å². The molecule has 0 aliphatic carbocycles. The van der Waals surface area contributed by atoms with Gasteiger partial charge < -0.3 is 21.5 Å². The van der Waals surface area contributed by atoms with Crippen LogP contribution in [0.2, 0.25) is 0 Å². The molecule has 132 valence electrons. The van der Waals surface area contributed by atoms with Crippen molar-refractivity contribution < 1.29 is 19.5 Å². The summed E-state index contributed by atoms with van der Waals surface area (Å²) < 4.78 is 0. The zero-order chi connectivity index (χ0) is 18.1. The molecule has 1 aromatic rings. The number of carboxylic acids is 1. The molecule has 2 amide bonds. The molecule has 7 nitrogen and oxygen atoms in total. The van der Waals surface area contributed by atoms with Crippen molar-refractivity contribution in [1.82, 2.24) is 10.6 Å². The second kappa shape index (κ2) is 9.67. The first-order valence-electron chi connectivity index (χ1n) is 7.98. The van der Waals surface area contributed by atoms with Crippen molar-refractivity contribution in [3.05, 3.63) is 35.9 Å². The zero-order valence-corrected chi connectivity index (χ0v) is 14.0. The third kappa shape index (κ3) is 6.37. The van der Waals surface area contributed by atoms with Crippen molar-refractivity contribution >= 4 is 17.8 Å². The van der Waals surface area contributed by atoms with E-state index in [1.54, 1.807) is 0 Å². The van der Waals surface area contributed by atoms with Crippen molar-refractivity contribution in [2.24, 2.45) is 5.73 Å². The van der Waals surface area contributed by atoms with Gasteiger partial charge in [-0.3, -0.25) is 14.4 Å². The van der Waals surface area contributed by atoms with Crippen LogP contribution in [0.5, 0.6) is 0 Å². The fourth-order valence-electron chi connectivity index (χ4n) is 2.26. The molecular formula is C17H25N3O4. The van der Waals surface area contributed by atoms with Gasteiger partial charge in [-0.15, -0.1) is 0 Å². The van der Waals surface area contributed by atoms with Gasteiger partial charge in [-0.05, 0) is 18.9 Å². The van der Waals surface area contributed by atoms with Crippen LogP contribution in [0.25, 0.3) is 0 Å². The first-order chi connectivity index (χ1) is 11.3. The SMILES string of the molecule is CCC[C@@H](NC(=O)[C@@H](N)CC(=O)O)C(=O)N[C@@H](C)c1ccccc1. The molecule has 0 saturated carbocycles. The van der Waals surface area contributed by atoms with E-state index in [-0.39, 0.29) is 11.9 Å². The second-order valence-corrected chi connectivity index (χ2v) is 5.70. The Kier molecular flexibility index (Phi) is 7.91. The lowest BCUT2D eigenvalue weighted by molar-refractivity contribution is -0.139. The molecule has 5 N–H and O–H groups in total. The molecule has 0 fully saturated rings. The van der Waals surface area contributed by atoms with Crippen molar-refractivity contribution in [3.8, 4) is 0 Å². The third-order valence-corrected chi connectivity index (χ3v) is 3.60. The van der Waals surface area contributed by atoms with Crippen LogP contribution in [0.1, 0.15) is 44.7 Å². The molecule has 0 heterocycles. The van der Waals surface area contributed by atoms with E-state index in [1.807, 2.05) is 44.2 Å². The van der Waals surface area contributed by atoms with E-state index in [9.17, 15) is 14.4 Å². The molecule has 1 aromatic carbocycles. The molecule has 0 spiro atoms. The zero-order valence-electron chi connectivity index (χ0n) is 14.0. The minimum absolute atomic E-state index is 0.206. The molecule has 24 heavy (non-hydrogen) atoms. The van der Waals surface area contributed by atoms with Crippen molar-refractivity contribution in [2.75, 3.05) is 0 Å². The van der Waals surface area contributed by atoms with Gasteiger partial charge in [0.15, 0.2) is 0 Å². The Morgan fingerprint density at radius 3 is 2.29 bits per heavy atom. The quantitative estimate of drug-likeness (QED) is 0.535. The lowest BCUT2D eigenvalue weighted by Gasteiger charge is -2.22. The van der Waals surface area contributed by atoms with Gasteiger partial charge in [-0.25, -0.2) is 0 Å². The maximum atomic E-state index is 12.4. The van der Waals surface area contributed by atoms with Crippen LogP contribution in [0.3, 0.4) is 0 Å². The third-order valence-electron chi connectivity index (χ3n) is 3.60. The fraction of sp³-hybridized carbons (Fsp3) is 0.471. The molecule has 1 rings (SSSR count). The van der Waals surface area contributed by atoms with E-state index in [0.29, 0.717) is 12.8 Å². The van der Waals surface area contributed by atoms with Crippen LogP contribution in [0.4, 0.5) is 0 Å². The van der Waals surface area contributed by atoms with Gasteiger partial charge in [0, 0.05) is 0 Å². The van der Waals surface area contributed by atoms with Gasteiger partial charge in [0.2, 0.25) is 11.8 Å². The molecular weight excluding hydrogens is 310 g/mol. The molecule has 0 aliphatic heterocycles. The summed E-state index contributed by atoms with van der Waals surface area (Å²) >= 11 is 0. The van der Waals surface area contributed by atoms with Crippen LogP contribution < -0.4 is 16.4 Å². The molecule has 3 atom stereocenters. The normalized spacial score (nSPS) is 14.3. The summed E-state index contributed by atoms with van der Waals surface area (Å²) in [7, 11) is 0. The highest BCUT2D eigenvalue weighted by molar-refractivity contribution is 5.91. The number of carboxylic acid groups (broad SMARTS) is 1. The van der Waals surface area contributed by atoms with Gasteiger partial charge in [0.05, 0.1) is 18.5 Å². The average molecular weight is 335 g/mol. The van der Waals surface area contributed by atoms with Crippen molar-refractivity contribution in [2.45, 2.75) is 51.2 Å². The van der Waals surface area contributed by atoms with E-state index in [2.05, 4.69) is 10.6 Å². The predicted octanol–water partition coefficient (Wildman–Crippen LogP) is 0.951. The number of hydrogen-bond donors (Lipinski definition) is 4. The minimum atomic E-state index is -1.18. The van der Waals surface area contributed by atoms with Gasteiger partial charge in [0.25, 0.3) is 0 Å². The Morgan fingerprint density at radius 2 is 1.75 bits per heavy atom. The summed E-state index contributed by atoms with van der Waals surface area (Å²) in [4.78, 5) is 35.0. The molecule has 0 radical (unpaired) electrons. The first kappa shape index (κ1) is 19.6. The van der Waals surface area contributed by atoms with Gasteiger partial charge in [-0.1, -0.05) is 43.7 Å². The number of nitrogens with two attached hydrogens (primary N) is 1. The summed E-state index contributed by atoms with van der Waals surface area (Å²) in [6, 6.07) is 7.34. The van der Waals surface area contributed by atoms with E-state index >= 15 is 0 Å². The summed E-state index contributed by atoms with van der Waals surface area (Å²) in [6.45, 7) is 3.75. The van der Waals surface area contributed by atoms with Gasteiger partial charge >= 0.3 is 5.97 Å². The number of amides is 2. The summed E-state index contributed by atoms with van der Waals surface area (Å²) in [5, 5.41) is 14.1.